The third kappa shape index (κ3) is 4.05. The summed E-state index contributed by atoms with van der Waals surface area (Å²) in [6.07, 6.45) is 5.13. The van der Waals surface area contributed by atoms with Gasteiger partial charge in [0.05, 0.1) is 12.0 Å². The lowest BCUT2D eigenvalue weighted by Crippen LogP contribution is -2.35. The van der Waals surface area contributed by atoms with E-state index < -0.39 is 0 Å². The molecule has 160 valence electrons. The zero-order valence-electron chi connectivity index (χ0n) is 17.5. The standard InChI is InChI=1S/C24H26N4O3/c29-23-19-8-3-9-20(19)25-22(26-23)18-7-2-1-6-17(18)16-27-11-5-12-28(14-13-27)24(30)21-10-4-15-31-21/h1-2,4,6-7,10,15H,3,5,8-9,11-14,16H2,(H,25,26,29). The Morgan fingerprint density at radius 2 is 1.94 bits per heavy atom. The van der Waals surface area contributed by atoms with Crippen LogP contribution in [0.3, 0.4) is 0 Å². The fourth-order valence-corrected chi connectivity index (χ4v) is 4.59. The van der Waals surface area contributed by atoms with Gasteiger partial charge in [-0.3, -0.25) is 14.5 Å². The Balaban J connectivity index is 1.33. The average Bonchev–Trinajstić information content (AvgIpc) is 3.43. The zero-order valence-corrected chi connectivity index (χ0v) is 17.5. The summed E-state index contributed by atoms with van der Waals surface area (Å²) in [4.78, 5) is 37.1. The molecule has 3 heterocycles. The number of hydrogen-bond donors (Lipinski definition) is 1. The van der Waals surface area contributed by atoms with Crippen molar-refractivity contribution >= 4 is 5.91 Å². The molecule has 1 aliphatic heterocycles. The highest BCUT2D eigenvalue weighted by atomic mass is 16.3. The number of nitrogens with zero attached hydrogens (tertiary/aromatic N) is 3. The van der Waals surface area contributed by atoms with E-state index >= 15 is 0 Å². The molecule has 2 aliphatic rings. The number of aromatic amines is 1. The van der Waals surface area contributed by atoms with Gasteiger partial charge in [-0.15, -0.1) is 0 Å². The normalized spacial score (nSPS) is 16.8. The number of aryl methyl sites for hydroxylation is 1. The summed E-state index contributed by atoms with van der Waals surface area (Å²) >= 11 is 0. The van der Waals surface area contributed by atoms with Gasteiger partial charge in [0, 0.05) is 43.9 Å². The van der Waals surface area contributed by atoms with Crippen LogP contribution in [0.2, 0.25) is 0 Å². The van der Waals surface area contributed by atoms with Crippen molar-refractivity contribution in [2.45, 2.75) is 32.2 Å². The molecule has 2 aromatic heterocycles. The summed E-state index contributed by atoms with van der Waals surface area (Å²) in [7, 11) is 0. The highest BCUT2D eigenvalue weighted by Crippen LogP contribution is 2.24. The van der Waals surface area contributed by atoms with E-state index in [1.807, 2.05) is 23.1 Å². The van der Waals surface area contributed by atoms with Gasteiger partial charge in [0.1, 0.15) is 5.82 Å². The molecule has 7 heteroatoms. The molecule has 1 amide bonds. The van der Waals surface area contributed by atoms with E-state index in [0.717, 1.165) is 74.2 Å². The molecule has 31 heavy (non-hydrogen) atoms. The minimum Gasteiger partial charge on any atom is -0.459 e. The van der Waals surface area contributed by atoms with E-state index in [1.54, 1.807) is 12.1 Å². The molecule has 0 radical (unpaired) electrons. The molecule has 0 spiro atoms. The van der Waals surface area contributed by atoms with E-state index in [-0.39, 0.29) is 11.5 Å². The second kappa shape index (κ2) is 8.51. The number of furan rings is 1. The number of carbonyl (C=O) groups is 1. The van der Waals surface area contributed by atoms with Crippen LogP contribution in [0.1, 0.15) is 40.2 Å². The van der Waals surface area contributed by atoms with Crippen LogP contribution in [0.25, 0.3) is 11.4 Å². The predicted molar refractivity (Wildman–Crippen MR) is 117 cm³/mol. The van der Waals surface area contributed by atoms with Crippen molar-refractivity contribution < 1.29 is 9.21 Å². The molecule has 7 nitrogen and oxygen atoms in total. The molecule has 1 N–H and O–H groups in total. The average molecular weight is 418 g/mol. The first-order chi connectivity index (χ1) is 15.2. The monoisotopic (exact) mass is 418 g/mol. The van der Waals surface area contributed by atoms with Crippen LogP contribution in [0, 0.1) is 0 Å². The summed E-state index contributed by atoms with van der Waals surface area (Å²) in [6, 6.07) is 11.6. The van der Waals surface area contributed by atoms with E-state index in [1.165, 1.54) is 6.26 Å². The van der Waals surface area contributed by atoms with Gasteiger partial charge in [0.2, 0.25) is 0 Å². The molecule has 1 fully saturated rings. The number of carbonyl (C=O) groups excluding carboxylic acids is 1. The third-order valence-electron chi connectivity index (χ3n) is 6.22. The van der Waals surface area contributed by atoms with Crippen molar-refractivity contribution in [2.24, 2.45) is 0 Å². The Morgan fingerprint density at radius 1 is 1.03 bits per heavy atom. The van der Waals surface area contributed by atoms with Crippen LogP contribution in [0.4, 0.5) is 0 Å². The van der Waals surface area contributed by atoms with Gasteiger partial charge < -0.3 is 14.3 Å². The van der Waals surface area contributed by atoms with Gasteiger partial charge in [0.25, 0.3) is 11.5 Å². The minimum atomic E-state index is -0.0489. The number of nitrogens with one attached hydrogen (secondary N) is 1. The molecule has 0 atom stereocenters. The molecule has 5 rings (SSSR count). The van der Waals surface area contributed by atoms with Crippen molar-refractivity contribution in [3.05, 3.63) is 75.6 Å². The van der Waals surface area contributed by atoms with Crippen molar-refractivity contribution in [3.8, 4) is 11.4 Å². The van der Waals surface area contributed by atoms with Gasteiger partial charge in [-0.2, -0.15) is 0 Å². The van der Waals surface area contributed by atoms with Crippen LogP contribution in [-0.4, -0.2) is 51.9 Å². The van der Waals surface area contributed by atoms with Crippen LogP contribution in [0.5, 0.6) is 0 Å². The maximum atomic E-state index is 12.6. The summed E-state index contributed by atoms with van der Waals surface area (Å²) < 4.78 is 5.28. The van der Waals surface area contributed by atoms with Crippen molar-refractivity contribution in [1.29, 1.82) is 0 Å². The third-order valence-corrected chi connectivity index (χ3v) is 6.22. The quantitative estimate of drug-likeness (QED) is 0.705. The lowest BCUT2D eigenvalue weighted by Gasteiger charge is -2.22. The van der Waals surface area contributed by atoms with Gasteiger partial charge in [-0.25, -0.2) is 4.98 Å². The number of benzene rings is 1. The molecular weight excluding hydrogens is 392 g/mol. The first kappa shape index (κ1) is 19.8. The maximum Gasteiger partial charge on any atom is 0.289 e. The molecule has 0 saturated carbocycles. The van der Waals surface area contributed by atoms with Gasteiger partial charge in [-0.1, -0.05) is 24.3 Å². The Bertz CT molecular complexity index is 1140. The maximum absolute atomic E-state index is 12.6. The molecule has 1 aliphatic carbocycles. The van der Waals surface area contributed by atoms with Gasteiger partial charge in [0.15, 0.2) is 5.76 Å². The van der Waals surface area contributed by atoms with E-state index in [9.17, 15) is 9.59 Å². The van der Waals surface area contributed by atoms with Crippen molar-refractivity contribution in [1.82, 2.24) is 19.8 Å². The smallest absolute Gasteiger partial charge is 0.289 e. The molecule has 1 aromatic carbocycles. The number of rotatable bonds is 4. The number of aromatic nitrogens is 2. The summed E-state index contributed by atoms with van der Waals surface area (Å²) in [5.74, 6) is 1.00. The number of fused-ring (bicyclic) bond motifs is 1. The van der Waals surface area contributed by atoms with Crippen LogP contribution >= 0.6 is 0 Å². The van der Waals surface area contributed by atoms with Crippen molar-refractivity contribution in [3.63, 3.8) is 0 Å². The first-order valence-electron chi connectivity index (χ1n) is 10.9. The van der Waals surface area contributed by atoms with Crippen LogP contribution < -0.4 is 5.56 Å². The lowest BCUT2D eigenvalue weighted by atomic mass is 10.1. The number of H-pyrrole nitrogens is 1. The largest absolute Gasteiger partial charge is 0.459 e. The second-order valence-electron chi connectivity index (χ2n) is 8.25. The zero-order chi connectivity index (χ0) is 21.2. The molecule has 0 bridgehead atoms. The van der Waals surface area contributed by atoms with Gasteiger partial charge in [-0.05, 0) is 43.4 Å². The van der Waals surface area contributed by atoms with E-state index in [0.29, 0.717) is 18.1 Å². The van der Waals surface area contributed by atoms with E-state index in [2.05, 4.69) is 16.0 Å². The number of hydrogen-bond acceptors (Lipinski definition) is 5. The van der Waals surface area contributed by atoms with E-state index in [4.69, 9.17) is 9.40 Å². The summed E-state index contributed by atoms with van der Waals surface area (Å²) in [6.45, 7) is 3.83. The SMILES string of the molecule is O=C(c1ccco1)N1CCCN(Cc2ccccc2-c2nc3c(c(=O)[nH]2)CCC3)CC1. The molecular formula is C24H26N4O3. The highest BCUT2D eigenvalue weighted by molar-refractivity contribution is 5.91. The fourth-order valence-electron chi connectivity index (χ4n) is 4.59. The second-order valence-corrected chi connectivity index (χ2v) is 8.25. The topological polar surface area (TPSA) is 82.4 Å². The molecule has 3 aromatic rings. The Morgan fingerprint density at radius 3 is 2.81 bits per heavy atom. The van der Waals surface area contributed by atoms with Crippen LogP contribution in [-0.2, 0) is 19.4 Å². The first-order valence-corrected chi connectivity index (χ1v) is 10.9. The Hall–Kier alpha value is -3.19. The Labute approximate surface area is 180 Å². The number of amides is 1. The highest BCUT2D eigenvalue weighted by Gasteiger charge is 2.23. The van der Waals surface area contributed by atoms with Crippen LogP contribution in [0.15, 0.2) is 51.9 Å². The van der Waals surface area contributed by atoms with Crippen molar-refractivity contribution in [2.75, 3.05) is 26.2 Å². The predicted octanol–water partition coefficient (Wildman–Crippen LogP) is 2.87. The Kier molecular flexibility index (Phi) is 5.42. The molecule has 1 saturated heterocycles. The van der Waals surface area contributed by atoms with Gasteiger partial charge >= 0.3 is 0 Å². The summed E-state index contributed by atoms with van der Waals surface area (Å²) in [5, 5.41) is 0. The summed E-state index contributed by atoms with van der Waals surface area (Å²) in [5.41, 5.74) is 3.89. The fraction of sp³-hybridized carbons (Fsp3) is 0.375. The lowest BCUT2D eigenvalue weighted by molar-refractivity contribution is 0.0729. The molecule has 0 unspecified atom stereocenters. The minimum absolute atomic E-state index is 0.00541.